The number of likely N-dealkylation sites (tertiary alicyclic amines) is 1. The van der Waals surface area contributed by atoms with Gasteiger partial charge in [-0.3, -0.25) is 14.5 Å². The Morgan fingerprint density at radius 3 is 2.25 bits per heavy atom. The summed E-state index contributed by atoms with van der Waals surface area (Å²) in [6.45, 7) is -0.313. The molecule has 5 nitrogen and oxygen atoms in total. The number of fused-ring (bicyclic) bond motifs is 1. The molecule has 2 aromatic carbocycles. The van der Waals surface area contributed by atoms with Gasteiger partial charge in [0.15, 0.2) is 0 Å². The zero-order valence-corrected chi connectivity index (χ0v) is 15.2. The average Bonchev–Trinajstić information content (AvgIpc) is 3.49. The van der Waals surface area contributed by atoms with Crippen molar-refractivity contribution in [2.45, 2.75) is 6.42 Å². The first-order valence-corrected chi connectivity index (χ1v) is 9.85. The number of hydrogen-bond acceptors (Lipinski definition) is 4. The predicted molar refractivity (Wildman–Crippen MR) is 101 cm³/mol. The standard InChI is InChI=1S/C23H19NO4/c25-19(28-14-6-5-12-3-1-2-4-13(12)9-14)11-24-22(26)20-15-7-8-16(18-10-17(15)18)21(20)23(24)27/h1-9,15-18,20-21H,10-11H2/t15-,16+,17-,18-,20+,21+/m1/s1. The Hall–Kier alpha value is -2.95. The molecule has 140 valence electrons. The zero-order chi connectivity index (χ0) is 19.0. The van der Waals surface area contributed by atoms with Crippen molar-refractivity contribution in [2.75, 3.05) is 6.54 Å². The fourth-order valence-corrected chi connectivity index (χ4v) is 5.70. The van der Waals surface area contributed by atoms with Gasteiger partial charge in [-0.2, -0.15) is 0 Å². The molecule has 3 fully saturated rings. The first-order valence-electron chi connectivity index (χ1n) is 9.85. The third-order valence-corrected chi connectivity index (χ3v) is 6.99. The van der Waals surface area contributed by atoms with E-state index >= 15 is 0 Å². The van der Waals surface area contributed by atoms with Crippen LogP contribution in [0, 0.1) is 35.5 Å². The maximum atomic E-state index is 12.9. The van der Waals surface area contributed by atoms with E-state index in [9.17, 15) is 14.4 Å². The van der Waals surface area contributed by atoms with Gasteiger partial charge in [-0.15, -0.1) is 0 Å². The van der Waals surface area contributed by atoms with Crippen molar-refractivity contribution in [3.63, 3.8) is 0 Å². The predicted octanol–water partition coefficient (Wildman–Crippen LogP) is 2.80. The van der Waals surface area contributed by atoms with Crippen molar-refractivity contribution in [3.8, 4) is 5.75 Å². The number of amides is 2. The zero-order valence-electron chi connectivity index (χ0n) is 15.2. The van der Waals surface area contributed by atoms with E-state index in [-0.39, 0.29) is 42.0 Å². The number of carbonyl (C=O) groups is 3. The van der Waals surface area contributed by atoms with E-state index in [0.717, 1.165) is 22.1 Å². The molecule has 4 aliphatic carbocycles. The van der Waals surface area contributed by atoms with Crippen LogP contribution < -0.4 is 4.74 Å². The molecule has 0 unspecified atom stereocenters. The average molecular weight is 373 g/mol. The van der Waals surface area contributed by atoms with Crippen molar-refractivity contribution in [2.24, 2.45) is 35.5 Å². The van der Waals surface area contributed by atoms with Crippen LogP contribution in [-0.4, -0.2) is 29.2 Å². The molecule has 1 saturated heterocycles. The molecule has 2 bridgehead atoms. The number of nitrogens with zero attached hydrogens (tertiary/aromatic N) is 1. The quantitative estimate of drug-likeness (QED) is 0.359. The first-order chi connectivity index (χ1) is 13.6. The minimum Gasteiger partial charge on any atom is -0.425 e. The minimum absolute atomic E-state index is 0.165. The van der Waals surface area contributed by atoms with E-state index in [0.29, 0.717) is 17.6 Å². The van der Waals surface area contributed by atoms with Crippen LogP contribution in [0.1, 0.15) is 6.42 Å². The van der Waals surface area contributed by atoms with Crippen molar-refractivity contribution in [1.82, 2.24) is 4.90 Å². The summed E-state index contributed by atoms with van der Waals surface area (Å²) in [4.78, 5) is 39.5. The van der Waals surface area contributed by atoms with Crippen LogP contribution >= 0.6 is 0 Å². The smallest absolute Gasteiger partial charge is 0.331 e. The lowest BCUT2D eigenvalue weighted by Crippen LogP contribution is -2.40. The Balaban J connectivity index is 1.20. The molecule has 0 aromatic heterocycles. The van der Waals surface area contributed by atoms with Crippen molar-refractivity contribution in [1.29, 1.82) is 0 Å². The SMILES string of the molecule is O=C(CN1C(=O)[C@H]2[C@@H]3C=C[C@@H]([C@H]4C[C@H]34)[C@@H]2C1=O)Oc1ccc2ccccc2c1. The van der Waals surface area contributed by atoms with E-state index in [1.807, 2.05) is 30.3 Å². The lowest BCUT2D eigenvalue weighted by Gasteiger charge is -2.37. The van der Waals surface area contributed by atoms with E-state index in [4.69, 9.17) is 4.74 Å². The van der Waals surface area contributed by atoms with Crippen molar-refractivity contribution in [3.05, 3.63) is 54.6 Å². The monoisotopic (exact) mass is 373 g/mol. The van der Waals surface area contributed by atoms with Gasteiger partial charge in [-0.05, 0) is 53.0 Å². The molecule has 2 aromatic rings. The molecule has 0 spiro atoms. The number of allylic oxidation sites excluding steroid dienone is 2. The summed E-state index contributed by atoms with van der Waals surface area (Å²) in [5.74, 6) is 0.319. The van der Waals surface area contributed by atoms with Gasteiger partial charge >= 0.3 is 5.97 Å². The Morgan fingerprint density at radius 2 is 1.57 bits per heavy atom. The highest BCUT2D eigenvalue weighted by atomic mass is 16.5. The molecule has 7 rings (SSSR count). The number of ether oxygens (including phenoxy) is 1. The number of benzene rings is 2. The van der Waals surface area contributed by atoms with Crippen LogP contribution in [0.25, 0.3) is 10.8 Å². The van der Waals surface area contributed by atoms with Gasteiger partial charge in [0.1, 0.15) is 12.3 Å². The second-order valence-electron chi connectivity index (χ2n) is 8.40. The van der Waals surface area contributed by atoms with Gasteiger partial charge in [0.2, 0.25) is 11.8 Å². The third-order valence-electron chi connectivity index (χ3n) is 6.99. The fraction of sp³-hybridized carbons (Fsp3) is 0.348. The Labute approximate surface area is 162 Å². The number of hydrogen-bond donors (Lipinski definition) is 0. The lowest BCUT2D eigenvalue weighted by molar-refractivity contribution is -0.148. The van der Waals surface area contributed by atoms with Gasteiger partial charge in [-0.25, -0.2) is 4.79 Å². The molecule has 0 N–H and O–H groups in total. The fourth-order valence-electron chi connectivity index (χ4n) is 5.70. The summed E-state index contributed by atoms with van der Waals surface area (Å²) in [6.07, 6.45) is 5.38. The summed E-state index contributed by atoms with van der Waals surface area (Å²) >= 11 is 0. The van der Waals surface area contributed by atoms with E-state index in [1.165, 1.54) is 0 Å². The highest BCUT2D eigenvalue weighted by Gasteiger charge is 2.67. The first kappa shape index (κ1) is 16.0. The molecule has 28 heavy (non-hydrogen) atoms. The maximum absolute atomic E-state index is 12.9. The van der Waals surface area contributed by atoms with Crippen LogP contribution in [0.15, 0.2) is 54.6 Å². The summed E-state index contributed by atoms with van der Waals surface area (Å²) < 4.78 is 5.43. The second-order valence-corrected chi connectivity index (χ2v) is 8.40. The molecule has 2 amide bonds. The highest BCUT2D eigenvalue weighted by Crippen LogP contribution is 2.65. The molecule has 1 aliphatic heterocycles. The normalized spacial score (nSPS) is 34.5. The van der Waals surface area contributed by atoms with E-state index in [1.54, 1.807) is 12.1 Å². The molecular formula is C23H19NO4. The topological polar surface area (TPSA) is 63.7 Å². The lowest BCUT2D eigenvalue weighted by atomic mass is 9.63. The van der Waals surface area contributed by atoms with Crippen molar-refractivity contribution >= 4 is 28.6 Å². The van der Waals surface area contributed by atoms with Crippen LogP contribution in [0.2, 0.25) is 0 Å². The molecule has 2 saturated carbocycles. The summed E-state index contributed by atoms with van der Waals surface area (Å²) in [5.41, 5.74) is 0. The molecule has 5 aliphatic rings. The van der Waals surface area contributed by atoms with Crippen molar-refractivity contribution < 1.29 is 19.1 Å². The van der Waals surface area contributed by atoms with Crippen LogP contribution in [0.3, 0.4) is 0 Å². The summed E-state index contributed by atoms with van der Waals surface area (Å²) in [7, 11) is 0. The second kappa shape index (κ2) is 5.53. The number of esters is 1. The van der Waals surface area contributed by atoms with Crippen LogP contribution in [0.4, 0.5) is 0 Å². The van der Waals surface area contributed by atoms with Crippen LogP contribution in [0.5, 0.6) is 5.75 Å². The number of rotatable bonds is 3. The largest absolute Gasteiger partial charge is 0.425 e. The van der Waals surface area contributed by atoms with Gasteiger partial charge in [-0.1, -0.05) is 42.5 Å². The minimum atomic E-state index is -0.582. The molecule has 1 heterocycles. The van der Waals surface area contributed by atoms with Gasteiger partial charge in [0, 0.05) is 0 Å². The van der Waals surface area contributed by atoms with Crippen LogP contribution in [-0.2, 0) is 14.4 Å². The molecule has 5 heteroatoms. The summed E-state index contributed by atoms with van der Waals surface area (Å²) in [6, 6.07) is 13.2. The Bertz CT molecular complexity index is 1040. The highest BCUT2D eigenvalue weighted by molar-refractivity contribution is 6.08. The third kappa shape index (κ3) is 2.16. The van der Waals surface area contributed by atoms with E-state index < -0.39 is 5.97 Å². The van der Waals surface area contributed by atoms with Gasteiger partial charge < -0.3 is 4.74 Å². The molecule has 6 atom stereocenters. The summed E-state index contributed by atoms with van der Waals surface area (Å²) in [5, 5.41) is 2.02. The maximum Gasteiger partial charge on any atom is 0.331 e. The Kier molecular flexibility index (Phi) is 3.17. The Morgan fingerprint density at radius 1 is 0.929 bits per heavy atom. The number of carbonyl (C=O) groups excluding carboxylic acids is 3. The van der Waals surface area contributed by atoms with E-state index in [2.05, 4.69) is 12.2 Å². The molecule has 0 radical (unpaired) electrons. The molecular weight excluding hydrogens is 354 g/mol. The number of imide groups is 1. The van der Waals surface area contributed by atoms with Gasteiger partial charge in [0.25, 0.3) is 0 Å². The van der Waals surface area contributed by atoms with Gasteiger partial charge in [0.05, 0.1) is 11.8 Å².